The first-order valence-electron chi connectivity index (χ1n) is 10.8. The van der Waals surface area contributed by atoms with Crippen LogP contribution in [0.4, 0.5) is 0 Å². The van der Waals surface area contributed by atoms with E-state index in [0.717, 1.165) is 22.7 Å². The van der Waals surface area contributed by atoms with Crippen LogP contribution in [0.15, 0.2) is 41.6 Å². The summed E-state index contributed by atoms with van der Waals surface area (Å²) in [6.45, 7) is 8.64. The van der Waals surface area contributed by atoms with E-state index < -0.39 is 22.0 Å². The van der Waals surface area contributed by atoms with Crippen LogP contribution in [0.3, 0.4) is 0 Å². The number of carbonyl (C=O) groups excluding carboxylic acids is 2. The molecule has 0 saturated heterocycles. The van der Waals surface area contributed by atoms with Gasteiger partial charge >= 0.3 is 0 Å². The highest BCUT2D eigenvalue weighted by Gasteiger charge is 2.61. The van der Waals surface area contributed by atoms with Gasteiger partial charge in [0.15, 0.2) is 0 Å². The van der Waals surface area contributed by atoms with Crippen molar-refractivity contribution in [3.05, 3.63) is 42.2 Å². The quantitative estimate of drug-likeness (QED) is 0.728. The van der Waals surface area contributed by atoms with E-state index >= 15 is 0 Å². The molecule has 2 fully saturated rings. The summed E-state index contributed by atoms with van der Waals surface area (Å²) < 4.78 is 27.4. The van der Waals surface area contributed by atoms with E-state index in [1.54, 1.807) is 12.1 Å². The molecular weight excluding hydrogens is 414 g/mol. The molecule has 7 nitrogen and oxygen atoms in total. The Bertz CT molecular complexity index is 1030. The minimum atomic E-state index is -3.97. The van der Waals surface area contributed by atoms with Crippen LogP contribution in [-0.4, -0.2) is 36.6 Å². The Labute approximate surface area is 184 Å². The number of nitrogens with one attached hydrogen (secondary N) is 2. The van der Waals surface area contributed by atoms with Gasteiger partial charge < -0.3 is 10.6 Å². The molecule has 2 saturated carbocycles. The van der Waals surface area contributed by atoms with E-state index in [1.165, 1.54) is 31.0 Å². The van der Waals surface area contributed by atoms with Gasteiger partial charge in [0.2, 0.25) is 11.8 Å². The van der Waals surface area contributed by atoms with E-state index in [0.29, 0.717) is 5.92 Å². The molecule has 2 amide bonds. The largest absolute Gasteiger partial charge is 0.353 e. The first kappa shape index (κ1) is 21.9. The number of aryl methyl sites for hydroxylation is 1. The van der Waals surface area contributed by atoms with Gasteiger partial charge in [0.1, 0.15) is 6.04 Å². The Morgan fingerprint density at radius 3 is 2.48 bits per heavy atom. The van der Waals surface area contributed by atoms with Crippen molar-refractivity contribution in [1.82, 2.24) is 14.9 Å². The standard InChI is InChI=1S/C23H31N3O4S/c1-15-5-7-17(8-6-15)31(29,30)26-12-11-24-21(28)18(26)14-20(27)25-19-13-16-9-10-23(19,4)22(16,2)3/h5-8,11-12,16,18-19H,9-10,13-14H2,1-4H3,(H,24,28)(H,25,27)/t16-,18-,19-,23+/m1/s1. The van der Waals surface area contributed by atoms with Crippen molar-refractivity contribution in [2.45, 2.75) is 70.4 Å². The number of nitrogens with zero attached hydrogens (tertiary/aromatic N) is 1. The number of rotatable bonds is 5. The Morgan fingerprint density at radius 2 is 1.90 bits per heavy atom. The highest BCUT2D eigenvalue weighted by molar-refractivity contribution is 7.89. The van der Waals surface area contributed by atoms with Gasteiger partial charge in [-0.3, -0.25) is 13.9 Å². The minimum Gasteiger partial charge on any atom is -0.353 e. The molecule has 4 rings (SSSR count). The topological polar surface area (TPSA) is 95.6 Å². The van der Waals surface area contributed by atoms with Crippen LogP contribution in [-0.2, 0) is 19.6 Å². The molecule has 2 bridgehead atoms. The van der Waals surface area contributed by atoms with E-state index in [-0.39, 0.29) is 34.1 Å². The van der Waals surface area contributed by atoms with Gasteiger partial charge in [-0.2, -0.15) is 0 Å². The van der Waals surface area contributed by atoms with Gasteiger partial charge in [-0.05, 0) is 55.1 Å². The van der Waals surface area contributed by atoms with E-state index in [4.69, 9.17) is 0 Å². The first-order chi connectivity index (χ1) is 14.5. The lowest BCUT2D eigenvalue weighted by Crippen LogP contribution is -2.53. The van der Waals surface area contributed by atoms with Gasteiger partial charge in [-0.15, -0.1) is 0 Å². The highest BCUT2D eigenvalue weighted by atomic mass is 32.2. The highest BCUT2D eigenvalue weighted by Crippen LogP contribution is 2.65. The molecule has 1 aromatic carbocycles. The number of hydrogen-bond acceptors (Lipinski definition) is 4. The number of carbonyl (C=O) groups is 2. The van der Waals surface area contributed by atoms with Gasteiger partial charge in [-0.1, -0.05) is 38.5 Å². The van der Waals surface area contributed by atoms with Crippen molar-refractivity contribution in [3.8, 4) is 0 Å². The molecule has 0 radical (unpaired) electrons. The summed E-state index contributed by atoms with van der Waals surface area (Å²) in [5.41, 5.74) is 1.09. The fourth-order valence-corrected chi connectivity index (χ4v) is 7.07. The molecule has 2 aliphatic carbocycles. The summed E-state index contributed by atoms with van der Waals surface area (Å²) in [5.74, 6) is -0.232. The molecule has 0 spiro atoms. The average molecular weight is 446 g/mol. The SMILES string of the molecule is Cc1ccc(S(=O)(=O)N2C=CNC(=O)[C@H]2CC(=O)N[C@@H]2C[C@H]3CC[C@]2(C)C3(C)C)cc1. The number of fused-ring (bicyclic) bond motifs is 2. The zero-order chi connectivity index (χ0) is 22.6. The summed E-state index contributed by atoms with van der Waals surface area (Å²) in [6, 6.07) is 5.36. The summed E-state index contributed by atoms with van der Waals surface area (Å²) in [6.07, 6.45) is 5.55. The number of sulfonamides is 1. The minimum absolute atomic E-state index is 0.00964. The van der Waals surface area contributed by atoms with Crippen LogP contribution >= 0.6 is 0 Å². The zero-order valence-electron chi connectivity index (χ0n) is 18.5. The average Bonchev–Trinajstić information content (AvgIpc) is 3.03. The van der Waals surface area contributed by atoms with Crippen molar-refractivity contribution >= 4 is 21.8 Å². The molecule has 1 heterocycles. The van der Waals surface area contributed by atoms with Crippen LogP contribution in [0, 0.1) is 23.7 Å². The number of benzene rings is 1. The summed E-state index contributed by atoms with van der Waals surface area (Å²) in [7, 11) is -3.97. The van der Waals surface area contributed by atoms with Crippen LogP contribution in [0.1, 0.15) is 52.0 Å². The predicted octanol–water partition coefficient (Wildman–Crippen LogP) is 2.68. The normalized spacial score (nSPS) is 31.5. The fraction of sp³-hybridized carbons (Fsp3) is 0.565. The van der Waals surface area contributed by atoms with Crippen molar-refractivity contribution < 1.29 is 18.0 Å². The molecule has 3 aliphatic rings. The Balaban J connectivity index is 1.52. The lowest BCUT2D eigenvalue weighted by molar-refractivity contribution is -0.130. The molecule has 1 aliphatic heterocycles. The number of hydrogen-bond donors (Lipinski definition) is 2. The molecule has 1 aromatic rings. The second-order valence-electron chi connectivity index (χ2n) is 9.92. The molecule has 0 unspecified atom stereocenters. The maximum absolute atomic E-state index is 13.2. The summed E-state index contributed by atoms with van der Waals surface area (Å²) in [4.78, 5) is 25.6. The maximum Gasteiger partial charge on any atom is 0.264 e. The van der Waals surface area contributed by atoms with Gasteiger partial charge in [0.25, 0.3) is 10.0 Å². The molecule has 168 valence electrons. The summed E-state index contributed by atoms with van der Waals surface area (Å²) in [5, 5.41) is 5.66. The maximum atomic E-state index is 13.2. The summed E-state index contributed by atoms with van der Waals surface area (Å²) >= 11 is 0. The van der Waals surface area contributed by atoms with Gasteiger partial charge in [0, 0.05) is 18.4 Å². The van der Waals surface area contributed by atoms with E-state index in [1.807, 2.05) is 6.92 Å². The van der Waals surface area contributed by atoms with E-state index in [9.17, 15) is 18.0 Å². The lowest BCUT2D eigenvalue weighted by atomic mass is 9.69. The van der Waals surface area contributed by atoms with Crippen molar-refractivity contribution in [3.63, 3.8) is 0 Å². The molecule has 4 atom stereocenters. The monoisotopic (exact) mass is 445 g/mol. The zero-order valence-corrected chi connectivity index (χ0v) is 19.3. The van der Waals surface area contributed by atoms with Crippen LogP contribution in [0.5, 0.6) is 0 Å². The molecule has 2 N–H and O–H groups in total. The smallest absolute Gasteiger partial charge is 0.264 e. The Hall–Kier alpha value is -2.35. The molecular formula is C23H31N3O4S. The van der Waals surface area contributed by atoms with Crippen molar-refractivity contribution in [2.24, 2.45) is 16.7 Å². The second-order valence-corrected chi connectivity index (χ2v) is 11.8. The van der Waals surface area contributed by atoms with Crippen LogP contribution in [0.25, 0.3) is 0 Å². The predicted molar refractivity (Wildman–Crippen MR) is 117 cm³/mol. The third-order valence-electron chi connectivity index (χ3n) is 8.16. The molecule has 0 aromatic heterocycles. The molecule has 8 heteroatoms. The molecule has 31 heavy (non-hydrogen) atoms. The Kier molecular flexibility index (Phi) is 5.19. The fourth-order valence-electron chi connectivity index (χ4n) is 5.62. The Morgan fingerprint density at radius 1 is 1.23 bits per heavy atom. The first-order valence-corrected chi connectivity index (χ1v) is 12.3. The third-order valence-corrected chi connectivity index (χ3v) is 9.96. The second kappa shape index (κ2) is 7.36. The van der Waals surface area contributed by atoms with Crippen LogP contribution in [0.2, 0.25) is 0 Å². The van der Waals surface area contributed by atoms with Crippen LogP contribution < -0.4 is 10.6 Å². The lowest BCUT2D eigenvalue weighted by Gasteiger charge is -2.39. The number of amides is 2. The van der Waals surface area contributed by atoms with Gasteiger partial charge in [-0.25, -0.2) is 8.42 Å². The van der Waals surface area contributed by atoms with Crippen molar-refractivity contribution in [1.29, 1.82) is 0 Å². The third kappa shape index (κ3) is 3.45. The van der Waals surface area contributed by atoms with E-state index in [2.05, 4.69) is 31.4 Å². The van der Waals surface area contributed by atoms with Gasteiger partial charge in [0.05, 0.1) is 11.3 Å². The van der Waals surface area contributed by atoms with Crippen molar-refractivity contribution in [2.75, 3.05) is 0 Å².